The van der Waals surface area contributed by atoms with E-state index in [2.05, 4.69) is 39.4 Å². The Morgan fingerprint density at radius 1 is 1.18 bits per heavy atom. The lowest BCUT2D eigenvalue weighted by Crippen LogP contribution is -2.31. The summed E-state index contributed by atoms with van der Waals surface area (Å²) >= 11 is 0. The molecule has 1 saturated heterocycles. The highest BCUT2D eigenvalue weighted by atomic mass is 16.5. The van der Waals surface area contributed by atoms with Gasteiger partial charge in [0, 0.05) is 55.4 Å². The molecule has 2 aliphatic heterocycles. The van der Waals surface area contributed by atoms with Crippen LogP contribution < -0.4 is 5.32 Å². The zero-order chi connectivity index (χ0) is 19.1. The van der Waals surface area contributed by atoms with Gasteiger partial charge in [0.1, 0.15) is 0 Å². The van der Waals surface area contributed by atoms with Crippen LogP contribution in [0.15, 0.2) is 35.7 Å². The van der Waals surface area contributed by atoms with Gasteiger partial charge in [-0.2, -0.15) is 0 Å². The molecule has 3 aromatic heterocycles. The number of fused-ring (bicyclic) bond motifs is 2. The highest BCUT2D eigenvalue weighted by Gasteiger charge is 2.30. The largest absolute Gasteiger partial charge is 0.381 e. The van der Waals surface area contributed by atoms with Crippen molar-refractivity contribution >= 4 is 23.0 Å². The van der Waals surface area contributed by atoms with Gasteiger partial charge in [0.05, 0.1) is 11.7 Å². The topological polar surface area (TPSA) is 76.7 Å². The second-order valence-corrected chi connectivity index (χ2v) is 7.61. The van der Waals surface area contributed by atoms with Crippen LogP contribution in [0.5, 0.6) is 0 Å². The quantitative estimate of drug-likeness (QED) is 0.757. The Morgan fingerprint density at radius 3 is 2.86 bits per heavy atom. The predicted octanol–water partition coefficient (Wildman–Crippen LogP) is 3.52. The van der Waals surface area contributed by atoms with Crippen LogP contribution in [0.2, 0.25) is 0 Å². The Kier molecular flexibility index (Phi) is 4.31. The molecule has 1 N–H and O–H groups in total. The van der Waals surface area contributed by atoms with Gasteiger partial charge in [0.15, 0.2) is 5.82 Å². The summed E-state index contributed by atoms with van der Waals surface area (Å²) < 4.78 is 7.40. The number of aromatic nitrogens is 4. The van der Waals surface area contributed by atoms with E-state index in [0.717, 1.165) is 54.9 Å². The van der Waals surface area contributed by atoms with Gasteiger partial charge in [-0.25, -0.2) is 19.5 Å². The maximum absolute atomic E-state index is 5.55. The summed E-state index contributed by atoms with van der Waals surface area (Å²) in [5.41, 5.74) is 5.58. The fourth-order valence-electron chi connectivity index (χ4n) is 4.42. The van der Waals surface area contributed by atoms with E-state index in [1.807, 2.05) is 30.2 Å². The second-order valence-electron chi connectivity index (χ2n) is 7.61. The Morgan fingerprint density at radius 2 is 2.04 bits per heavy atom. The summed E-state index contributed by atoms with van der Waals surface area (Å²) in [6.45, 7) is 3.88. The van der Waals surface area contributed by atoms with Crippen molar-refractivity contribution in [3.05, 3.63) is 36.3 Å². The zero-order valence-electron chi connectivity index (χ0n) is 16.2. The Bertz CT molecular complexity index is 1050. The fourth-order valence-corrected chi connectivity index (χ4v) is 4.42. The number of rotatable bonds is 3. The van der Waals surface area contributed by atoms with Crippen molar-refractivity contribution in [2.45, 2.75) is 26.2 Å². The van der Waals surface area contributed by atoms with Crippen molar-refractivity contribution in [2.24, 2.45) is 16.8 Å². The molecule has 0 saturated carbocycles. The van der Waals surface area contributed by atoms with Crippen LogP contribution in [0.25, 0.3) is 16.6 Å². The van der Waals surface area contributed by atoms with Crippen molar-refractivity contribution in [3.63, 3.8) is 0 Å². The molecule has 28 heavy (non-hydrogen) atoms. The fraction of sp³-hybridized carbons (Fsp3) is 0.429. The summed E-state index contributed by atoms with van der Waals surface area (Å²) in [5, 5.41) is 7.42. The van der Waals surface area contributed by atoms with Gasteiger partial charge >= 0.3 is 0 Å². The number of hydrogen-bond donors (Lipinski definition) is 1. The van der Waals surface area contributed by atoms with E-state index in [4.69, 9.17) is 9.73 Å². The van der Waals surface area contributed by atoms with Crippen LogP contribution in [0.1, 0.15) is 25.3 Å². The minimum absolute atomic E-state index is 0.487. The molecule has 0 unspecified atom stereocenters. The molecule has 7 nitrogen and oxygen atoms in total. The molecule has 5 heterocycles. The lowest BCUT2D eigenvalue weighted by molar-refractivity contribution is 0.0560. The van der Waals surface area contributed by atoms with Crippen molar-refractivity contribution in [2.75, 3.05) is 25.6 Å². The molecule has 7 heteroatoms. The Hall–Kier alpha value is -2.80. The number of nitrogens with one attached hydrogen (secondary N) is 1. The normalized spacial score (nSPS) is 20.1. The van der Waals surface area contributed by atoms with E-state index >= 15 is 0 Å². The Balaban J connectivity index is 1.50. The summed E-state index contributed by atoms with van der Waals surface area (Å²) in [6.07, 6.45) is 8.96. The van der Waals surface area contributed by atoms with Gasteiger partial charge in [0.25, 0.3) is 0 Å². The van der Waals surface area contributed by atoms with Gasteiger partial charge in [-0.1, -0.05) is 0 Å². The molecule has 3 aromatic rings. The molecule has 5 rings (SSSR count). The first-order valence-corrected chi connectivity index (χ1v) is 9.87. The van der Waals surface area contributed by atoms with Crippen LogP contribution in [0.4, 0.5) is 11.8 Å². The SMILES string of the molecule is CNc1ncc2c(-c3cnc4c(c3)C[C@H](C3CCOCC3)C(C)=N4)ccn2n1. The van der Waals surface area contributed by atoms with Crippen LogP contribution in [0, 0.1) is 11.8 Å². The van der Waals surface area contributed by atoms with Gasteiger partial charge in [-0.15, -0.1) is 5.10 Å². The number of ether oxygens (including phenoxy) is 1. The number of nitrogens with zero attached hydrogens (tertiary/aromatic N) is 5. The van der Waals surface area contributed by atoms with Gasteiger partial charge in [0.2, 0.25) is 5.95 Å². The van der Waals surface area contributed by atoms with E-state index in [0.29, 0.717) is 17.8 Å². The third-order valence-corrected chi connectivity index (χ3v) is 5.99. The summed E-state index contributed by atoms with van der Waals surface area (Å²) in [7, 11) is 1.82. The molecule has 0 amide bonds. The predicted molar refractivity (Wildman–Crippen MR) is 109 cm³/mol. The lowest BCUT2D eigenvalue weighted by Gasteiger charge is -2.32. The van der Waals surface area contributed by atoms with E-state index in [9.17, 15) is 0 Å². The van der Waals surface area contributed by atoms with Gasteiger partial charge < -0.3 is 10.1 Å². The van der Waals surface area contributed by atoms with Crippen LogP contribution in [-0.4, -0.2) is 45.6 Å². The van der Waals surface area contributed by atoms with Crippen molar-refractivity contribution in [1.29, 1.82) is 0 Å². The highest BCUT2D eigenvalue weighted by Crippen LogP contribution is 2.37. The summed E-state index contributed by atoms with van der Waals surface area (Å²) in [4.78, 5) is 13.9. The lowest BCUT2D eigenvalue weighted by atomic mass is 9.78. The smallest absolute Gasteiger partial charge is 0.240 e. The first-order valence-electron chi connectivity index (χ1n) is 9.87. The molecule has 2 aliphatic rings. The molecule has 1 atom stereocenters. The van der Waals surface area contributed by atoms with E-state index in [1.165, 1.54) is 11.3 Å². The Labute approximate surface area is 163 Å². The monoisotopic (exact) mass is 376 g/mol. The van der Waals surface area contributed by atoms with Crippen molar-refractivity contribution in [1.82, 2.24) is 19.6 Å². The zero-order valence-corrected chi connectivity index (χ0v) is 16.2. The average Bonchev–Trinajstić information content (AvgIpc) is 3.16. The molecule has 0 aliphatic carbocycles. The van der Waals surface area contributed by atoms with E-state index < -0.39 is 0 Å². The molecular formula is C21H24N6O. The maximum Gasteiger partial charge on any atom is 0.240 e. The molecule has 0 aromatic carbocycles. The number of aliphatic imine (C=N–C) groups is 1. The number of hydrogen-bond acceptors (Lipinski definition) is 6. The standard InChI is InChI=1S/C21H24N6O/c1-13-18(14-4-7-28-8-5-14)10-15-9-16(11-23-20(15)25-13)17-3-6-27-19(17)12-24-21(22-2)26-27/h3,6,9,11-12,14,18H,4-5,7-8,10H2,1-2H3,(H,22,26)/t18-/m0/s1. The van der Waals surface area contributed by atoms with E-state index in [1.54, 1.807) is 0 Å². The average molecular weight is 376 g/mol. The molecule has 0 spiro atoms. The maximum atomic E-state index is 5.55. The molecule has 144 valence electrons. The number of anilines is 1. The summed E-state index contributed by atoms with van der Waals surface area (Å²) in [5.74, 6) is 2.60. The van der Waals surface area contributed by atoms with Crippen LogP contribution >= 0.6 is 0 Å². The minimum atomic E-state index is 0.487. The molecule has 0 bridgehead atoms. The molecule has 0 radical (unpaired) electrons. The van der Waals surface area contributed by atoms with E-state index in [-0.39, 0.29) is 0 Å². The second kappa shape index (κ2) is 6.98. The van der Waals surface area contributed by atoms with Crippen molar-refractivity contribution < 1.29 is 4.74 Å². The first kappa shape index (κ1) is 17.3. The summed E-state index contributed by atoms with van der Waals surface area (Å²) in [6, 6.07) is 4.31. The molecular weight excluding hydrogens is 352 g/mol. The third-order valence-electron chi connectivity index (χ3n) is 5.99. The van der Waals surface area contributed by atoms with Gasteiger partial charge in [-0.05, 0) is 49.8 Å². The highest BCUT2D eigenvalue weighted by molar-refractivity contribution is 5.89. The number of pyridine rings is 1. The van der Waals surface area contributed by atoms with Crippen molar-refractivity contribution in [3.8, 4) is 11.1 Å². The minimum Gasteiger partial charge on any atom is -0.381 e. The molecule has 1 fully saturated rings. The van der Waals surface area contributed by atoms with Crippen LogP contribution in [-0.2, 0) is 11.2 Å². The first-order chi connectivity index (χ1) is 13.7. The third kappa shape index (κ3) is 2.96. The van der Waals surface area contributed by atoms with Gasteiger partial charge in [-0.3, -0.25) is 0 Å². The van der Waals surface area contributed by atoms with Crippen LogP contribution in [0.3, 0.4) is 0 Å².